The van der Waals surface area contributed by atoms with Gasteiger partial charge < -0.3 is 0 Å². The number of sulfonamides is 1. The maximum Gasteiger partial charge on any atom is 0.433 e. The summed E-state index contributed by atoms with van der Waals surface area (Å²) >= 11 is 0. The van der Waals surface area contributed by atoms with Gasteiger partial charge in [-0.25, -0.2) is 5.43 Å². The van der Waals surface area contributed by atoms with Crippen molar-refractivity contribution in [3.8, 4) is 0 Å². The van der Waals surface area contributed by atoms with Crippen molar-refractivity contribution >= 4 is 27.3 Å². The van der Waals surface area contributed by atoms with Crippen LogP contribution in [0.4, 0.5) is 18.9 Å². The van der Waals surface area contributed by atoms with Crippen molar-refractivity contribution < 1.29 is 26.4 Å². The second kappa shape index (κ2) is 6.93. The Morgan fingerprint density at radius 1 is 1.25 bits per heavy atom. The Kier molecular flexibility index (Phi) is 4.91. The number of aryl methyl sites for hydroxylation is 1. The van der Waals surface area contributed by atoms with Gasteiger partial charge in [0.05, 0.1) is 5.71 Å². The largest absolute Gasteiger partial charge is 0.433 e. The highest BCUT2D eigenvalue weighted by Gasteiger charge is 2.36. The number of anilines is 1. The molecular weight excluding hydrogens is 399 g/mol. The third-order valence-electron chi connectivity index (χ3n) is 4.12. The molecule has 0 fully saturated rings. The standard InChI is InChI=1S/C16H16F3N5O3S/c1-9-7-13(25)20-21-15(9)10-3-5-11(6-4-10)23-28(26,27)14-8-12(16(17,18)19)24(2)22-14/h3-6,8-9,23H,7H2,1-2H3,(H,20,25). The second-order valence-electron chi connectivity index (χ2n) is 6.31. The van der Waals surface area contributed by atoms with Crippen LogP contribution in [0, 0.1) is 5.92 Å². The molecule has 1 atom stereocenters. The summed E-state index contributed by atoms with van der Waals surface area (Å²) in [6.45, 7) is 1.84. The number of halogens is 3. The molecule has 0 bridgehead atoms. The van der Waals surface area contributed by atoms with Crippen LogP contribution in [0.25, 0.3) is 0 Å². The monoisotopic (exact) mass is 415 g/mol. The van der Waals surface area contributed by atoms with Gasteiger partial charge in [-0.1, -0.05) is 19.1 Å². The molecule has 0 spiro atoms. The maximum absolute atomic E-state index is 12.8. The van der Waals surface area contributed by atoms with Crippen LogP contribution in [0.3, 0.4) is 0 Å². The number of hydrogen-bond donors (Lipinski definition) is 2. The minimum absolute atomic E-state index is 0.106. The quantitative estimate of drug-likeness (QED) is 0.798. The molecule has 1 aliphatic heterocycles. The van der Waals surface area contributed by atoms with Crippen molar-refractivity contribution in [3.63, 3.8) is 0 Å². The van der Waals surface area contributed by atoms with Gasteiger partial charge >= 0.3 is 6.18 Å². The van der Waals surface area contributed by atoms with E-state index < -0.39 is 26.9 Å². The van der Waals surface area contributed by atoms with Crippen LogP contribution in [0.2, 0.25) is 0 Å². The van der Waals surface area contributed by atoms with Gasteiger partial charge in [-0.15, -0.1) is 0 Å². The summed E-state index contributed by atoms with van der Waals surface area (Å²) in [5, 5.41) is 6.71. The zero-order valence-electron chi connectivity index (χ0n) is 14.8. The van der Waals surface area contributed by atoms with Gasteiger partial charge in [0.15, 0.2) is 5.03 Å². The van der Waals surface area contributed by atoms with Gasteiger partial charge in [0.2, 0.25) is 5.91 Å². The molecule has 0 saturated heterocycles. The molecule has 2 N–H and O–H groups in total. The van der Waals surface area contributed by atoms with Crippen LogP contribution in [0.5, 0.6) is 0 Å². The number of rotatable bonds is 4. The molecule has 3 rings (SSSR count). The van der Waals surface area contributed by atoms with Gasteiger partial charge in [0.1, 0.15) is 5.69 Å². The van der Waals surface area contributed by atoms with E-state index in [0.29, 0.717) is 22.0 Å². The normalized spacial score (nSPS) is 17.8. The molecule has 1 aromatic heterocycles. The van der Waals surface area contributed by atoms with Crippen molar-refractivity contribution in [2.45, 2.75) is 24.5 Å². The first-order chi connectivity index (χ1) is 13.0. The predicted octanol–water partition coefficient (Wildman–Crippen LogP) is 2.10. The molecule has 12 heteroatoms. The van der Waals surface area contributed by atoms with Gasteiger partial charge in [0, 0.05) is 31.1 Å². The Hall–Kier alpha value is -2.89. The van der Waals surface area contributed by atoms with Crippen LogP contribution in [-0.4, -0.2) is 29.8 Å². The maximum atomic E-state index is 12.8. The van der Waals surface area contributed by atoms with E-state index in [1.807, 2.05) is 6.92 Å². The lowest BCUT2D eigenvalue weighted by atomic mass is 9.94. The average molecular weight is 415 g/mol. The lowest BCUT2D eigenvalue weighted by molar-refractivity contribution is -0.143. The van der Waals surface area contributed by atoms with E-state index >= 15 is 0 Å². The predicted molar refractivity (Wildman–Crippen MR) is 93.9 cm³/mol. The Morgan fingerprint density at radius 3 is 2.43 bits per heavy atom. The van der Waals surface area contributed by atoms with E-state index in [2.05, 4.69) is 20.3 Å². The van der Waals surface area contributed by atoms with Crippen LogP contribution in [0.1, 0.15) is 24.6 Å². The van der Waals surface area contributed by atoms with Crippen molar-refractivity contribution in [2.24, 2.45) is 18.1 Å². The van der Waals surface area contributed by atoms with Gasteiger partial charge in [0.25, 0.3) is 10.0 Å². The van der Waals surface area contributed by atoms with Crippen molar-refractivity contribution in [2.75, 3.05) is 4.72 Å². The minimum atomic E-state index is -4.72. The molecule has 150 valence electrons. The molecule has 0 radical (unpaired) electrons. The number of aromatic nitrogens is 2. The molecule has 0 aliphatic carbocycles. The summed E-state index contributed by atoms with van der Waals surface area (Å²) < 4.78 is 65.9. The second-order valence-corrected chi connectivity index (χ2v) is 7.94. The molecule has 1 aliphatic rings. The van der Waals surface area contributed by atoms with Crippen molar-refractivity contribution in [1.29, 1.82) is 0 Å². The zero-order chi connectivity index (χ0) is 20.7. The number of amides is 1. The number of hydrazone groups is 1. The van der Waals surface area contributed by atoms with E-state index in [4.69, 9.17) is 0 Å². The first kappa shape index (κ1) is 19.9. The minimum Gasteiger partial charge on any atom is -0.278 e. The van der Waals surface area contributed by atoms with Crippen LogP contribution in [-0.2, 0) is 28.0 Å². The molecule has 1 unspecified atom stereocenters. The molecular formula is C16H16F3N5O3S. The lowest BCUT2D eigenvalue weighted by Gasteiger charge is -2.19. The van der Waals surface area contributed by atoms with Crippen LogP contribution >= 0.6 is 0 Å². The highest BCUT2D eigenvalue weighted by Crippen LogP contribution is 2.30. The van der Waals surface area contributed by atoms with E-state index in [1.165, 1.54) is 12.1 Å². The van der Waals surface area contributed by atoms with Crippen molar-refractivity contribution in [3.05, 3.63) is 41.6 Å². The number of benzene rings is 1. The fraction of sp³-hybridized carbons (Fsp3) is 0.312. The highest BCUT2D eigenvalue weighted by atomic mass is 32.2. The number of nitrogens with zero attached hydrogens (tertiary/aromatic N) is 3. The summed E-state index contributed by atoms with van der Waals surface area (Å²) in [6.07, 6.45) is -4.43. The molecule has 1 amide bonds. The van der Waals surface area contributed by atoms with E-state index in [1.54, 1.807) is 12.1 Å². The number of alkyl halides is 3. The van der Waals surface area contributed by atoms with Crippen LogP contribution < -0.4 is 10.1 Å². The third kappa shape index (κ3) is 4.01. The Labute approximate surface area is 158 Å². The van der Waals surface area contributed by atoms with Gasteiger partial charge in [-0.05, 0) is 17.7 Å². The Morgan fingerprint density at radius 2 is 1.89 bits per heavy atom. The summed E-state index contributed by atoms with van der Waals surface area (Å²) in [5.74, 6) is -0.292. The molecule has 2 aromatic rings. The molecule has 28 heavy (non-hydrogen) atoms. The smallest absolute Gasteiger partial charge is 0.278 e. The van der Waals surface area contributed by atoms with E-state index in [0.717, 1.165) is 7.05 Å². The summed E-state index contributed by atoms with van der Waals surface area (Å²) in [5.41, 5.74) is 2.70. The summed E-state index contributed by atoms with van der Waals surface area (Å²) in [4.78, 5) is 11.3. The van der Waals surface area contributed by atoms with E-state index in [-0.39, 0.29) is 23.9 Å². The first-order valence-corrected chi connectivity index (χ1v) is 9.56. The molecule has 8 nitrogen and oxygen atoms in total. The number of nitrogens with one attached hydrogen (secondary N) is 2. The fourth-order valence-corrected chi connectivity index (χ4v) is 3.80. The molecule has 0 saturated carbocycles. The topological polar surface area (TPSA) is 105 Å². The first-order valence-electron chi connectivity index (χ1n) is 8.08. The van der Waals surface area contributed by atoms with Gasteiger partial charge in [-0.3, -0.25) is 14.2 Å². The summed E-state index contributed by atoms with van der Waals surface area (Å²) in [7, 11) is -3.28. The number of carbonyl (C=O) groups excluding carboxylic acids is 1. The third-order valence-corrected chi connectivity index (χ3v) is 5.37. The SMILES string of the molecule is CC1CC(=O)NN=C1c1ccc(NS(=O)(=O)c2cc(C(F)(F)F)n(C)n2)cc1. The van der Waals surface area contributed by atoms with E-state index in [9.17, 15) is 26.4 Å². The average Bonchev–Trinajstić information content (AvgIpc) is 2.99. The molecule has 1 aromatic carbocycles. The Bertz CT molecular complexity index is 1040. The highest BCUT2D eigenvalue weighted by molar-refractivity contribution is 7.92. The lowest BCUT2D eigenvalue weighted by Crippen LogP contribution is -2.31. The zero-order valence-corrected chi connectivity index (χ0v) is 15.6. The van der Waals surface area contributed by atoms with Crippen molar-refractivity contribution in [1.82, 2.24) is 15.2 Å². The fourth-order valence-electron chi connectivity index (χ4n) is 2.76. The number of hydrogen-bond acceptors (Lipinski definition) is 5. The molecule has 2 heterocycles. The summed E-state index contributed by atoms with van der Waals surface area (Å²) in [6, 6.07) is 6.57. The Balaban J connectivity index is 1.81. The number of carbonyl (C=O) groups is 1. The van der Waals surface area contributed by atoms with Crippen LogP contribution in [0.15, 0.2) is 40.5 Å². The van der Waals surface area contributed by atoms with Gasteiger partial charge in [-0.2, -0.15) is 31.8 Å².